The highest BCUT2D eigenvalue weighted by Crippen LogP contribution is 2.21. The Morgan fingerprint density at radius 2 is 1.82 bits per heavy atom. The molecule has 1 amide bonds. The lowest BCUT2D eigenvalue weighted by molar-refractivity contribution is -0.123. The van der Waals surface area contributed by atoms with Crippen LogP contribution in [0.15, 0.2) is 0 Å². The molecule has 1 aliphatic heterocycles. The molecular weight excluding hydrogens is 298 g/mol. The fourth-order valence-corrected chi connectivity index (χ4v) is 2.98. The number of hydrogen-bond acceptors (Lipinski definition) is 3. The van der Waals surface area contributed by atoms with Crippen molar-refractivity contribution in [2.75, 3.05) is 19.6 Å². The molecule has 0 aromatic heterocycles. The first kappa shape index (κ1) is 21.7. The van der Waals surface area contributed by atoms with E-state index in [4.69, 9.17) is 5.73 Å². The molecule has 3 N–H and O–H groups in total. The second kappa shape index (κ2) is 10.5. The number of amides is 1. The van der Waals surface area contributed by atoms with Crippen LogP contribution in [0.25, 0.3) is 0 Å². The first-order chi connectivity index (χ1) is 9.86. The molecule has 0 radical (unpaired) electrons. The molecule has 0 bridgehead atoms. The number of nitrogens with zero attached hydrogens (tertiary/aromatic N) is 1. The third-order valence-electron chi connectivity index (χ3n) is 5.10. The van der Waals surface area contributed by atoms with Gasteiger partial charge in [-0.3, -0.25) is 9.69 Å². The molecule has 22 heavy (non-hydrogen) atoms. The minimum absolute atomic E-state index is 0. The average Bonchev–Trinajstić information content (AvgIpc) is 2.47. The number of piperidine rings is 1. The van der Waals surface area contributed by atoms with Crippen molar-refractivity contribution in [3.05, 3.63) is 0 Å². The Morgan fingerprint density at radius 1 is 1.27 bits per heavy atom. The molecule has 1 saturated heterocycles. The summed E-state index contributed by atoms with van der Waals surface area (Å²) in [6.07, 6.45) is 3.47. The van der Waals surface area contributed by atoms with E-state index in [0.29, 0.717) is 12.0 Å². The first-order valence-electron chi connectivity index (χ1n) is 8.64. The van der Waals surface area contributed by atoms with E-state index < -0.39 is 0 Å². The molecule has 0 spiro atoms. The van der Waals surface area contributed by atoms with E-state index in [1.807, 2.05) is 6.92 Å². The minimum atomic E-state index is -0.385. The van der Waals surface area contributed by atoms with E-state index in [1.165, 1.54) is 12.8 Å². The smallest absolute Gasteiger partial charge is 0.237 e. The predicted molar refractivity (Wildman–Crippen MR) is 96.3 cm³/mol. The van der Waals surface area contributed by atoms with Gasteiger partial charge in [0.05, 0.1) is 6.04 Å². The van der Waals surface area contributed by atoms with Crippen LogP contribution in [0.3, 0.4) is 0 Å². The van der Waals surface area contributed by atoms with Gasteiger partial charge in [-0.25, -0.2) is 0 Å². The van der Waals surface area contributed by atoms with Crippen molar-refractivity contribution in [1.82, 2.24) is 10.2 Å². The molecule has 3 atom stereocenters. The maximum atomic E-state index is 12.2. The van der Waals surface area contributed by atoms with Gasteiger partial charge in [0.25, 0.3) is 0 Å². The summed E-state index contributed by atoms with van der Waals surface area (Å²) in [5, 5.41) is 3.08. The molecular formula is C17H36ClN3O. The fraction of sp³-hybridized carbons (Fsp3) is 0.941. The number of halogens is 1. The van der Waals surface area contributed by atoms with Crippen LogP contribution in [0.4, 0.5) is 0 Å². The molecule has 1 heterocycles. The number of carbonyl (C=O) groups is 1. The van der Waals surface area contributed by atoms with E-state index in [-0.39, 0.29) is 30.3 Å². The number of nitrogens with two attached hydrogens (primary N) is 1. The molecule has 0 aliphatic carbocycles. The van der Waals surface area contributed by atoms with Gasteiger partial charge in [-0.05, 0) is 43.7 Å². The Kier molecular flexibility index (Phi) is 10.3. The standard InChI is InChI=1S/C17H35N3O.ClH/c1-6-14(5)16(18)17(21)19-11-15(12(2)3)20-9-7-13(4)8-10-20;/h12-16H,6-11,18H2,1-5H3,(H,19,21);1H. The molecule has 1 rings (SSSR count). The molecule has 4 nitrogen and oxygen atoms in total. The number of hydrogen-bond donors (Lipinski definition) is 2. The van der Waals surface area contributed by atoms with Crippen molar-refractivity contribution in [2.24, 2.45) is 23.5 Å². The Labute approximate surface area is 143 Å². The van der Waals surface area contributed by atoms with Crippen LogP contribution < -0.4 is 11.1 Å². The lowest BCUT2D eigenvalue weighted by Crippen LogP contribution is -2.52. The van der Waals surface area contributed by atoms with Crippen LogP contribution in [0.2, 0.25) is 0 Å². The van der Waals surface area contributed by atoms with Gasteiger partial charge < -0.3 is 11.1 Å². The minimum Gasteiger partial charge on any atom is -0.353 e. The summed E-state index contributed by atoms with van der Waals surface area (Å²) in [6.45, 7) is 13.9. The third kappa shape index (κ3) is 6.43. The summed E-state index contributed by atoms with van der Waals surface area (Å²) in [7, 11) is 0. The highest BCUT2D eigenvalue weighted by Gasteiger charge is 2.27. The summed E-state index contributed by atoms with van der Waals surface area (Å²) >= 11 is 0. The van der Waals surface area contributed by atoms with Gasteiger partial charge in [0.15, 0.2) is 0 Å². The van der Waals surface area contributed by atoms with Gasteiger partial charge in [-0.2, -0.15) is 0 Å². The van der Waals surface area contributed by atoms with E-state index in [2.05, 4.69) is 37.9 Å². The maximum Gasteiger partial charge on any atom is 0.237 e. The topological polar surface area (TPSA) is 58.4 Å². The van der Waals surface area contributed by atoms with E-state index >= 15 is 0 Å². The highest BCUT2D eigenvalue weighted by molar-refractivity contribution is 5.85. The molecule has 1 fully saturated rings. The second-order valence-electron chi connectivity index (χ2n) is 7.19. The largest absolute Gasteiger partial charge is 0.353 e. The summed E-state index contributed by atoms with van der Waals surface area (Å²) in [5.74, 6) is 1.61. The Hall–Kier alpha value is -0.320. The normalized spacial score (nSPS) is 21.0. The van der Waals surface area contributed by atoms with Gasteiger partial charge in [-0.1, -0.05) is 41.0 Å². The fourth-order valence-electron chi connectivity index (χ4n) is 2.98. The Balaban J connectivity index is 0.00000441. The van der Waals surface area contributed by atoms with E-state index in [1.54, 1.807) is 0 Å². The zero-order valence-electron chi connectivity index (χ0n) is 15.0. The van der Waals surface area contributed by atoms with Crippen LogP contribution in [-0.2, 0) is 4.79 Å². The van der Waals surface area contributed by atoms with Crippen molar-refractivity contribution in [3.8, 4) is 0 Å². The van der Waals surface area contributed by atoms with Gasteiger partial charge in [-0.15, -0.1) is 12.4 Å². The summed E-state index contributed by atoms with van der Waals surface area (Å²) in [4.78, 5) is 14.7. The van der Waals surface area contributed by atoms with Crippen LogP contribution >= 0.6 is 12.4 Å². The van der Waals surface area contributed by atoms with E-state index in [9.17, 15) is 4.79 Å². The summed E-state index contributed by atoms with van der Waals surface area (Å²) in [6, 6.07) is 0.0368. The molecule has 1 aliphatic rings. The van der Waals surface area contributed by atoms with Gasteiger partial charge >= 0.3 is 0 Å². The van der Waals surface area contributed by atoms with Crippen molar-refractivity contribution in [1.29, 1.82) is 0 Å². The monoisotopic (exact) mass is 333 g/mol. The van der Waals surface area contributed by atoms with Gasteiger partial charge in [0.2, 0.25) is 5.91 Å². The average molecular weight is 334 g/mol. The van der Waals surface area contributed by atoms with Gasteiger partial charge in [0, 0.05) is 12.6 Å². The lowest BCUT2D eigenvalue weighted by Gasteiger charge is -2.39. The Morgan fingerprint density at radius 3 is 2.27 bits per heavy atom. The zero-order chi connectivity index (χ0) is 16.0. The second-order valence-corrected chi connectivity index (χ2v) is 7.19. The molecule has 3 unspecified atom stereocenters. The summed E-state index contributed by atoms with van der Waals surface area (Å²) in [5.41, 5.74) is 6.00. The van der Waals surface area contributed by atoms with Crippen LogP contribution in [0.5, 0.6) is 0 Å². The number of likely N-dealkylation sites (tertiary alicyclic amines) is 1. The molecule has 0 aromatic carbocycles. The number of rotatable bonds is 7. The first-order valence-corrected chi connectivity index (χ1v) is 8.64. The van der Waals surface area contributed by atoms with Crippen LogP contribution in [0, 0.1) is 17.8 Å². The van der Waals surface area contributed by atoms with E-state index in [0.717, 1.165) is 32.0 Å². The van der Waals surface area contributed by atoms with Crippen molar-refractivity contribution < 1.29 is 4.79 Å². The molecule has 0 saturated carbocycles. The highest BCUT2D eigenvalue weighted by atomic mass is 35.5. The molecule has 0 aromatic rings. The zero-order valence-corrected chi connectivity index (χ0v) is 15.8. The van der Waals surface area contributed by atoms with Crippen LogP contribution in [-0.4, -0.2) is 42.5 Å². The summed E-state index contributed by atoms with van der Waals surface area (Å²) < 4.78 is 0. The quantitative estimate of drug-likeness (QED) is 0.753. The van der Waals surface area contributed by atoms with Crippen LogP contribution in [0.1, 0.15) is 53.9 Å². The predicted octanol–water partition coefficient (Wildman–Crippen LogP) is 2.65. The third-order valence-corrected chi connectivity index (χ3v) is 5.10. The molecule has 5 heteroatoms. The Bertz CT molecular complexity index is 317. The number of carbonyl (C=O) groups excluding carboxylic acids is 1. The van der Waals surface area contributed by atoms with Crippen molar-refractivity contribution in [3.63, 3.8) is 0 Å². The maximum absolute atomic E-state index is 12.2. The number of nitrogens with one attached hydrogen (secondary N) is 1. The lowest BCUT2D eigenvalue weighted by atomic mass is 9.94. The van der Waals surface area contributed by atoms with Crippen molar-refractivity contribution >= 4 is 18.3 Å². The molecule has 132 valence electrons. The van der Waals surface area contributed by atoms with Crippen molar-refractivity contribution in [2.45, 2.75) is 66.0 Å². The van der Waals surface area contributed by atoms with Gasteiger partial charge in [0.1, 0.15) is 0 Å². The SMILES string of the molecule is CCC(C)C(N)C(=O)NCC(C(C)C)N1CCC(C)CC1.Cl.